The van der Waals surface area contributed by atoms with Crippen molar-refractivity contribution >= 4 is 23.4 Å². The van der Waals surface area contributed by atoms with E-state index in [4.69, 9.17) is 11.6 Å². The van der Waals surface area contributed by atoms with E-state index in [1.807, 2.05) is 17.8 Å². The van der Waals surface area contributed by atoms with Crippen molar-refractivity contribution in [1.29, 1.82) is 0 Å². The maximum atomic E-state index is 5.96. The van der Waals surface area contributed by atoms with E-state index in [1.54, 1.807) is 0 Å². The summed E-state index contributed by atoms with van der Waals surface area (Å²) in [6.45, 7) is 2.05. The minimum Gasteiger partial charge on any atom is -0.227 e. The van der Waals surface area contributed by atoms with Crippen molar-refractivity contribution in [2.45, 2.75) is 44.1 Å². The summed E-state index contributed by atoms with van der Waals surface area (Å²) in [5, 5.41) is 1.60. The van der Waals surface area contributed by atoms with Gasteiger partial charge in [-0.05, 0) is 18.8 Å². The van der Waals surface area contributed by atoms with E-state index in [-0.39, 0.29) is 0 Å². The lowest BCUT2D eigenvalue weighted by atomic mass is 10.1. The molecule has 0 atom stereocenters. The second kappa shape index (κ2) is 5.87. The molecule has 1 aromatic heterocycles. The lowest BCUT2D eigenvalue weighted by Crippen LogP contribution is -1.99. The normalized spacial score (nSPS) is 16.9. The number of nitrogens with zero attached hydrogens (tertiary/aromatic N) is 2. The molecule has 1 aliphatic carbocycles. The van der Waals surface area contributed by atoms with Gasteiger partial charge in [0.05, 0.1) is 0 Å². The molecule has 1 saturated carbocycles. The highest BCUT2D eigenvalue weighted by Gasteiger charge is 2.15. The Bertz CT molecular complexity index is 351. The predicted octanol–water partition coefficient (Wildman–Crippen LogP) is 3.97. The molecule has 0 unspecified atom stereocenters. The summed E-state index contributed by atoms with van der Waals surface area (Å²) < 4.78 is 0. The molecule has 0 saturated heterocycles. The van der Waals surface area contributed by atoms with Gasteiger partial charge in [-0.2, -0.15) is 0 Å². The predicted molar refractivity (Wildman–Crippen MR) is 69.1 cm³/mol. The Labute approximate surface area is 106 Å². The van der Waals surface area contributed by atoms with Gasteiger partial charge in [-0.1, -0.05) is 31.4 Å². The number of aryl methyl sites for hydroxylation is 1. The molecule has 0 aromatic carbocycles. The van der Waals surface area contributed by atoms with Crippen molar-refractivity contribution in [3.05, 3.63) is 17.0 Å². The third kappa shape index (κ3) is 3.36. The fraction of sp³-hybridized carbons (Fsp3) is 0.667. The largest absolute Gasteiger partial charge is 0.227 e. The minimum absolute atomic E-state index is 0.570. The Hall–Kier alpha value is -0.280. The molecule has 0 aliphatic heterocycles. The zero-order valence-electron chi connectivity index (χ0n) is 9.58. The highest BCUT2D eigenvalue weighted by molar-refractivity contribution is 7.99. The highest BCUT2D eigenvalue weighted by Crippen LogP contribution is 2.30. The third-order valence-corrected chi connectivity index (χ3v) is 4.31. The Morgan fingerprint density at radius 2 is 2.12 bits per heavy atom. The van der Waals surface area contributed by atoms with E-state index in [1.165, 1.54) is 31.4 Å². The number of rotatable bonds is 4. The van der Waals surface area contributed by atoms with Crippen molar-refractivity contribution in [2.24, 2.45) is 5.92 Å². The van der Waals surface area contributed by atoms with E-state index < -0.39 is 0 Å². The fourth-order valence-corrected chi connectivity index (χ4v) is 3.42. The smallest absolute Gasteiger partial charge is 0.133 e. The van der Waals surface area contributed by atoms with Gasteiger partial charge < -0.3 is 0 Å². The van der Waals surface area contributed by atoms with Gasteiger partial charge in [0.1, 0.15) is 16.0 Å². The summed E-state index contributed by atoms with van der Waals surface area (Å²) in [5.41, 5.74) is 0. The van der Waals surface area contributed by atoms with Gasteiger partial charge in [-0.3, -0.25) is 0 Å². The molecular formula is C12H17ClN2S. The van der Waals surface area contributed by atoms with Crippen LogP contribution in [0.5, 0.6) is 0 Å². The number of hydrogen-bond acceptors (Lipinski definition) is 3. The van der Waals surface area contributed by atoms with Gasteiger partial charge in [0.15, 0.2) is 0 Å². The molecule has 0 spiro atoms. The van der Waals surface area contributed by atoms with Gasteiger partial charge in [-0.15, -0.1) is 11.8 Å². The van der Waals surface area contributed by atoms with Crippen LogP contribution in [-0.2, 0) is 6.42 Å². The summed E-state index contributed by atoms with van der Waals surface area (Å²) in [7, 11) is 0. The first-order valence-electron chi connectivity index (χ1n) is 5.94. The van der Waals surface area contributed by atoms with Crippen LogP contribution >= 0.6 is 23.4 Å². The zero-order chi connectivity index (χ0) is 11.4. The molecule has 1 aliphatic rings. The van der Waals surface area contributed by atoms with Crippen LogP contribution in [0.3, 0.4) is 0 Å². The maximum absolute atomic E-state index is 5.96. The number of thioether (sulfide) groups is 1. The molecule has 0 amide bonds. The molecule has 0 radical (unpaired) electrons. The van der Waals surface area contributed by atoms with Crippen LogP contribution < -0.4 is 0 Å². The van der Waals surface area contributed by atoms with Gasteiger partial charge >= 0.3 is 0 Å². The number of aromatic nitrogens is 2. The first kappa shape index (κ1) is 12.2. The second-order valence-electron chi connectivity index (χ2n) is 4.26. The van der Waals surface area contributed by atoms with Crippen molar-refractivity contribution < 1.29 is 0 Å². The quantitative estimate of drug-likeness (QED) is 0.602. The molecule has 2 nitrogen and oxygen atoms in total. The Kier molecular flexibility index (Phi) is 4.47. The average Bonchev–Trinajstić information content (AvgIpc) is 2.78. The van der Waals surface area contributed by atoms with Gasteiger partial charge in [0.25, 0.3) is 0 Å². The van der Waals surface area contributed by atoms with Crippen LogP contribution in [-0.4, -0.2) is 15.7 Å². The van der Waals surface area contributed by atoms with E-state index in [0.717, 1.165) is 23.2 Å². The summed E-state index contributed by atoms with van der Waals surface area (Å²) in [6.07, 6.45) is 6.41. The molecule has 0 bridgehead atoms. The second-order valence-corrected chi connectivity index (χ2v) is 5.69. The standard InChI is InChI=1S/C12H17ClN2S/c1-2-11-14-10(13)7-12(15-11)16-8-9-5-3-4-6-9/h7,9H,2-6,8H2,1H3. The van der Waals surface area contributed by atoms with E-state index in [0.29, 0.717) is 5.15 Å². The lowest BCUT2D eigenvalue weighted by molar-refractivity contribution is 0.622. The van der Waals surface area contributed by atoms with Crippen molar-refractivity contribution in [3.63, 3.8) is 0 Å². The molecule has 1 aromatic rings. The van der Waals surface area contributed by atoms with Crippen LogP contribution in [0, 0.1) is 5.92 Å². The van der Waals surface area contributed by atoms with Gasteiger partial charge in [0, 0.05) is 18.2 Å². The lowest BCUT2D eigenvalue weighted by Gasteiger charge is -2.08. The van der Waals surface area contributed by atoms with Crippen LogP contribution in [0.1, 0.15) is 38.4 Å². The molecule has 16 heavy (non-hydrogen) atoms. The monoisotopic (exact) mass is 256 g/mol. The number of hydrogen-bond donors (Lipinski definition) is 0. The number of halogens is 1. The van der Waals surface area contributed by atoms with Crippen LogP contribution in [0.2, 0.25) is 5.15 Å². The third-order valence-electron chi connectivity index (χ3n) is 2.98. The van der Waals surface area contributed by atoms with Crippen molar-refractivity contribution in [3.8, 4) is 0 Å². The van der Waals surface area contributed by atoms with Crippen LogP contribution in [0.15, 0.2) is 11.1 Å². The molecule has 0 N–H and O–H groups in total. The van der Waals surface area contributed by atoms with Gasteiger partial charge in [-0.25, -0.2) is 9.97 Å². The summed E-state index contributed by atoms with van der Waals surface area (Å²) in [5.74, 6) is 2.90. The minimum atomic E-state index is 0.570. The first-order valence-corrected chi connectivity index (χ1v) is 7.30. The molecule has 2 rings (SSSR count). The van der Waals surface area contributed by atoms with Crippen LogP contribution in [0.25, 0.3) is 0 Å². The van der Waals surface area contributed by atoms with Crippen LogP contribution in [0.4, 0.5) is 0 Å². The van der Waals surface area contributed by atoms with Crippen molar-refractivity contribution in [2.75, 3.05) is 5.75 Å². The average molecular weight is 257 g/mol. The van der Waals surface area contributed by atoms with Crippen molar-refractivity contribution in [1.82, 2.24) is 9.97 Å². The summed E-state index contributed by atoms with van der Waals surface area (Å²) in [6, 6.07) is 1.88. The first-order chi connectivity index (χ1) is 7.78. The van der Waals surface area contributed by atoms with E-state index in [9.17, 15) is 0 Å². The zero-order valence-corrected chi connectivity index (χ0v) is 11.2. The Balaban J connectivity index is 1.94. The topological polar surface area (TPSA) is 25.8 Å². The van der Waals surface area contributed by atoms with Gasteiger partial charge in [0.2, 0.25) is 0 Å². The summed E-state index contributed by atoms with van der Waals surface area (Å²) >= 11 is 7.79. The molecule has 4 heteroatoms. The summed E-state index contributed by atoms with van der Waals surface area (Å²) in [4.78, 5) is 8.65. The highest BCUT2D eigenvalue weighted by atomic mass is 35.5. The van der Waals surface area contributed by atoms with E-state index in [2.05, 4.69) is 16.9 Å². The SMILES string of the molecule is CCc1nc(Cl)cc(SCC2CCCC2)n1. The molecule has 88 valence electrons. The fourth-order valence-electron chi connectivity index (χ4n) is 2.05. The maximum Gasteiger partial charge on any atom is 0.133 e. The Morgan fingerprint density at radius 1 is 1.38 bits per heavy atom. The molecule has 1 fully saturated rings. The van der Waals surface area contributed by atoms with E-state index >= 15 is 0 Å². The molecular weight excluding hydrogens is 240 g/mol. The Morgan fingerprint density at radius 3 is 2.81 bits per heavy atom. The molecule has 1 heterocycles.